The highest BCUT2D eigenvalue weighted by molar-refractivity contribution is 6.34. The highest BCUT2D eigenvalue weighted by Gasteiger charge is 2.46. The van der Waals surface area contributed by atoms with Crippen LogP contribution in [0.3, 0.4) is 0 Å². The summed E-state index contributed by atoms with van der Waals surface area (Å²) in [6.45, 7) is 5.07. The first-order chi connectivity index (χ1) is 7.06. The highest BCUT2D eigenvalue weighted by Crippen LogP contribution is 2.34. The Hall–Kier alpha value is -1.22. The minimum atomic E-state index is 0.0702. The van der Waals surface area contributed by atoms with Gasteiger partial charge in [-0.2, -0.15) is 0 Å². The van der Waals surface area contributed by atoms with Crippen LogP contribution in [-0.2, 0) is 0 Å². The molecule has 2 rings (SSSR count). The molecule has 0 radical (unpaired) electrons. The second-order valence-electron chi connectivity index (χ2n) is 4.30. The summed E-state index contributed by atoms with van der Waals surface area (Å²) in [5, 5.41) is 13.0. The van der Waals surface area contributed by atoms with Gasteiger partial charge in [0.25, 0.3) is 0 Å². The quantitative estimate of drug-likeness (QED) is 0.262. The lowest BCUT2D eigenvalue weighted by atomic mass is 10.2. The molecular formula is C11H13ClN2O. The number of rotatable bonds is 1. The summed E-state index contributed by atoms with van der Waals surface area (Å²) in [6.07, 6.45) is 0. The van der Waals surface area contributed by atoms with Gasteiger partial charge in [0.15, 0.2) is 5.84 Å². The zero-order chi connectivity index (χ0) is 11.1. The molecule has 1 aliphatic rings. The number of hydrogen-bond acceptors (Lipinski definition) is 2. The first kappa shape index (κ1) is 10.3. The van der Waals surface area contributed by atoms with Crippen LogP contribution in [0, 0.1) is 0 Å². The first-order valence-electron chi connectivity index (χ1n) is 4.81. The molecule has 1 aromatic carbocycles. The van der Waals surface area contributed by atoms with E-state index < -0.39 is 0 Å². The van der Waals surface area contributed by atoms with Gasteiger partial charge in [-0.1, -0.05) is 28.9 Å². The Morgan fingerprint density at radius 1 is 1.47 bits per heavy atom. The van der Waals surface area contributed by atoms with Crippen LogP contribution in [0.15, 0.2) is 29.4 Å². The second kappa shape index (κ2) is 3.42. The van der Waals surface area contributed by atoms with E-state index in [0.29, 0.717) is 10.9 Å². The number of oxime groups is 1. The van der Waals surface area contributed by atoms with Crippen LogP contribution in [0.4, 0.5) is 0 Å². The Labute approximate surface area is 94.0 Å². The van der Waals surface area contributed by atoms with Crippen molar-refractivity contribution in [1.82, 2.24) is 4.90 Å². The molecule has 1 fully saturated rings. The van der Waals surface area contributed by atoms with Gasteiger partial charge in [0.2, 0.25) is 0 Å². The summed E-state index contributed by atoms with van der Waals surface area (Å²) in [7, 11) is 0. The molecule has 80 valence electrons. The van der Waals surface area contributed by atoms with Crippen molar-refractivity contribution in [2.75, 3.05) is 6.54 Å². The topological polar surface area (TPSA) is 35.6 Å². The van der Waals surface area contributed by atoms with Crippen LogP contribution in [0.2, 0.25) is 5.02 Å². The number of nitrogens with zero attached hydrogens (tertiary/aromatic N) is 2. The zero-order valence-corrected chi connectivity index (χ0v) is 9.49. The van der Waals surface area contributed by atoms with E-state index in [-0.39, 0.29) is 5.54 Å². The minimum absolute atomic E-state index is 0.0702. The number of halogens is 1. The van der Waals surface area contributed by atoms with Crippen LogP contribution in [0.25, 0.3) is 0 Å². The van der Waals surface area contributed by atoms with Gasteiger partial charge in [-0.25, -0.2) is 0 Å². The third-order valence-corrected chi connectivity index (χ3v) is 2.97. The van der Waals surface area contributed by atoms with Gasteiger partial charge >= 0.3 is 0 Å². The molecule has 0 spiro atoms. The molecule has 1 N–H and O–H groups in total. The Kier molecular flexibility index (Phi) is 2.35. The van der Waals surface area contributed by atoms with Crippen molar-refractivity contribution in [3.8, 4) is 0 Å². The number of hydrogen-bond donors (Lipinski definition) is 1. The van der Waals surface area contributed by atoms with Gasteiger partial charge in [-0.05, 0) is 26.0 Å². The Bertz CT molecular complexity index is 415. The monoisotopic (exact) mass is 224 g/mol. The predicted molar refractivity (Wildman–Crippen MR) is 60.6 cm³/mol. The van der Waals surface area contributed by atoms with Crippen molar-refractivity contribution in [2.24, 2.45) is 5.16 Å². The summed E-state index contributed by atoms with van der Waals surface area (Å²) in [5.41, 5.74) is 0.841. The third kappa shape index (κ3) is 1.79. The average molecular weight is 225 g/mol. The van der Waals surface area contributed by atoms with Gasteiger partial charge in [-0.15, -0.1) is 0 Å². The molecule has 0 aliphatic carbocycles. The van der Waals surface area contributed by atoms with Crippen LogP contribution in [0.1, 0.15) is 19.4 Å². The smallest absolute Gasteiger partial charge is 0.177 e. The molecule has 0 unspecified atom stereocenters. The van der Waals surface area contributed by atoms with Crippen molar-refractivity contribution in [3.05, 3.63) is 34.9 Å². The molecule has 0 saturated carbocycles. The van der Waals surface area contributed by atoms with Crippen molar-refractivity contribution in [2.45, 2.75) is 19.4 Å². The summed E-state index contributed by atoms with van der Waals surface area (Å²) in [5.74, 6) is 0.547. The normalized spacial score (nSPS) is 19.1. The SMILES string of the molecule is CC1(C)CN1/C(=N\O)c1ccccc1Cl. The van der Waals surface area contributed by atoms with E-state index in [1.54, 1.807) is 6.07 Å². The molecule has 1 saturated heterocycles. The van der Waals surface area contributed by atoms with Crippen molar-refractivity contribution >= 4 is 17.4 Å². The molecule has 1 heterocycles. The van der Waals surface area contributed by atoms with E-state index >= 15 is 0 Å². The van der Waals surface area contributed by atoms with Gasteiger partial charge in [0.1, 0.15) is 0 Å². The van der Waals surface area contributed by atoms with Crippen LogP contribution < -0.4 is 0 Å². The fraction of sp³-hybridized carbons (Fsp3) is 0.364. The maximum absolute atomic E-state index is 9.03. The minimum Gasteiger partial charge on any atom is -0.409 e. The Morgan fingerprint density at radius 3 is 2.53 bits per heavy atom. The fourth-order valence-electron chi connectivity index (χ4n) is 1.61. The van der Waals surface area contributed by atoms with Crippen LogP contribution in [-0.4, -0.2) is 28.0 Å². The average Bonchev–Trinajstić information content (AvgIpc) is 2.80. The number of amidine groups is 1. The van der Waals surface area contributed by atoms with E-state index in [2.05, 4.69) is 19.0 Å². The van der Waals surface area contributed by atoms with Crippen LogP contribution in [0.5, 0.6) is 0 Å². The van der Waals surface area contributed by atoms with E-state index in [0.717, 1.165) is 12.1 Å². The first-order valence-corrected chi connectivity index (χ1v) is 5.18. The number of benzene rings is 1. The molecule has 1 aliphatic heterocycles. The molecule has 0 atom stereocenters. The lowest BCUT2D eigenvalue weighted by Gasteiger charge is -2.11. The molecule has 0 bridgehead atoms. The maximum Gasteiger partial charge on any atom is 0.177 e. The molecule has 4 heteroatoms. The predicted octanol–water partition coefficient (Wildman–Crippen LogP) is 2.57. The summed E-state index contributed by atoms with van der Waals surface area (Å²) < 4.78 is 0. The van der Waals surface area contributed by atoms with E-state index in [1.807, 2.05) is 23.1 Å². The summed E-state index contributed by atoms with van der Waals surface area (Å²) in [6, 6.07) is 7.38. The molecular weight excluding hydrogens is 212 g/mol. The van der Waals surface area contributed by atoms with E-state index in [4.69, 9.17) is 16.8 Å². The van der Waals surface area contributed by atoms with Gasteiger partial charge < -0.3 is 10.1 Å². The lowest BCUT2D eigenvalue weighted by molar-refractivity contribution is 0.312. The highest BCUT2D eigenvalue weighted by atomic mass is 35.5. The fourth-order valence-corrected chi connectivity index (χ4v) is 1.83. The molecule has 1 aromatic rings. The van der Waals surface area contributed by atoms with Crippen molar-refractivity contribution in [1.29, 1.82) is 0 Å². The maximum atomic E-state index is 9.03. The molecule has 0 amide bonds. The lowest BCUT2D eigenvalue weighted by Crippen LogP contribution is -2.19. The Balaban J connectivity index is 2.34. The van der Waals surface area contributed by atoms with Gasteiger partial charge in [0.05, 0.1) is 10.6 Å². The second-order valence-corrected chi connectivity index (χ2v) is 4.71. The zero-order valence-electron chi connectivity index (χ0n) is 8.74. The summed E-state index contributed by atoms with van der Waals surface area (Å²) in [4.78, 5) is 2.01. The van der Waals surface area contributed by atoms with E-state index in [1.165, 1.54) is 0 Å². The standard InChI is InChI=1S/C11H13ClN2O/c1-11(2)7-14(11)10(13-15)8-5-3-4-6-9(8)12/h3-6,15H,7H2,1-2H3/b13-10-. The molecule has 0 aromatic heterocycles. The van der Waals surface area contributed by atoms with Gasteiger partial charge in [-0.3, -0.25) is 0 Å². The third-order valence-electron chi connectivity index (χ3n) is 2.64. The summed E-state index contributed by atoms with van der Waals surface area (Å²) >= 11 is 6.04. The molecule has 15 heavy (non-hydrogen) atoms. The van der Waals surface area contributed by atoms with Gasteiger partial charge in [0, 0.05) is 12.1 Å². The van der Waals surface area contributed by atoms with Crippen molar-refractivity contribution in [3.63, 3.8) is 0 Å². The molecule has 3 nitrogen and oxygen atoms in total. The Morgan fingerprint density at radius 2 is 2.07 bits per heavy atom. The van der Waals surface area contributed by atoms with E-state index in [9.17, 15) is 0 Å². The van der Waals surface area contributed by atoms with Crippen LogP contribution >= 0.6 is 11.6 Å². The largest absolute Gasteiger partial charge is 0.409 e. The van der Waals surface area contributed by atoms with Crippen molar-refractivity contribution < 1.29 is 5.21 Å².